The lowest BCUT2D eigenvalue weighted by atomic mass is 10.2. The Morgan fingerprint density at radius 3 is 2.55 bits per heavy atom. The number of ether oxygens (including phenoxy) is 1. The van der Waals surface area contributed by atoms with Crippen molar-refractivity contribution in [3.05, 3.63) is 0 Å². The molecular formula is C15H32N4O. The Morgan fingerprint density at radius 1 is 1.15 bits per heavy atom. The van der Waals surface area contributed by atoms with E-state index in [1.165, 1.54) is 45.3 Å². The van der Waals surface area contributed by atoms with Crippen LogP contribution in [0.4, 0.5) is 0 Å². The van der Waals surface area contributed by atoms with Crippen LogP contribution in [0.1, 0.15) is 39.0 Å². The van der Waals surface area contributed by atoms with Crippen LogP contribution in [0.3, 0.4) is 0 Å². The number of hydrogen-bond donors (Lipinski definition) is 2. The van der Waals surface area contributed by atoms with Crippen LogP contribution in [0.5, 0.6) is 0 Å². The fourth-order valence-electron chi connectivity index (χ4n) is 2.46. The van der Waals surface area contributed by atoms with E-state index < -0.39 is 0 Å². The Kier molecular flexibility index (Phi) is 10.3. The number of methoxy groups -OCH3 is 1. The number of rotatable bonds is 8. The molecule has 2 N–H and O–H groups in total. The summed E-state index contributed by atoms with van der Waals surface area (Å²) >= 11 is 0. The van der Waals surface area contributed by atoms with E-state index >= 15 is 0 Å². The molecule has 118 valence electrons. The van der Waals surface area contributed by atoms with Gasteiger partial charge in [-0.1, -0.05) is 12.8 Å². The second-order valence-electron chi connectivity index (χ2n) is 5.29. The molecule has 0 aromatic heterocycles. The van der Waals surface area contributed by atoms with E-state index in [1.807, 2.05) is 0 Å². The topological polar surface area (TPSA) is 48.9 Å². The maximum Gasteiger partial charge on any atom is 0.191 e. The summed E-state index contributed by atoms with van der Waals surface area (Å²) in [6, 6.07) is 0. The first kappa shape index (κ1) is 17.2. The molecule has 0 atom stereocenters. The highest BCUT2D eigenvalue weighted by Crippen LogP contribution is 2.09. The zero-order valence-electron chi connectivity index (χ0n) is 13.3. The van der Waals surface area contributed by atoms with Crippen LogP contribution < -0.4 is 10.6 Å². The largest absolute Gasteiger partial charge is 0.383 e. The first-order chi connectivity index (χ1) is 9.86. The second-order valence-corrected chi connectivity index (χ2v) is 5.29. The summed E-state index contributed by atoms with van der Waals surface area (Å²) in [6.07, 6.45) is 6.68. The van der Waals surface area contributed by atoms with E-state index in [2.05, 4.69) is 27.4 Å². The van der Waals surface area contributed by atoms with Crippen LogP contribution in [-0.4, -0.2) is 63.8 Å². The van der Waals surface area contributed by atoms with Crippen LogP contribution in [-0.2, 0) is 4.74 Å². The highest BCUT2D eigenvalue weighted by atomic mass is 16.5. The van der Waals surface area contributed by atoms with Gasteiger partial charge >= 0.3 is 0 Å². The van der Waals surface area contributed by atoms with E-state index in [4.69, 9.17) is 4.74 Å². The van der Waals surface area contributed by atoms with Gasteiger partial charge in [-0.05, 0) is 45.8 Å². The number of nitrogens with zero attached hydrogens (tertiary/aromatic N) is 2. The third kappa shape index (κ3) is 8.38. The fourth-order valence-corrected chi connectivity index (χ4v) is 2.46. The maximum absolute atomic E-state index is 5.04. The molecule has 0 amide bonds. The highest BCUT2D eigenvalue weighted by molar-refractivity contribution is 5.79. The molecule has 1 aliphatic rings. The van der Waals surface area contributed by atoms with Gasteiger partial charge < -0.3 is 20.3 Å². The average Bonchev–Trinajstić information content (AvgIpc) is 2.72. The third-order valence-corrected chi connectivity index (χ3v) is 3.54. The van der Waals surface area contributed by atoms with Gasteiger partial charge in [0.05, 0.1) is 6.61 Å². The number of hydrogen-bond acceptors (Lipinski definition) is 3. The predicted molar refractivity (Wildman–Crippen MR) is 85.4 cm³/mol. The minimum atomic E-state index is 0.707. The van der Waals surface area contributed by atoms with Crippen molar-refractivity contribution in [2.45, 2.75) is 39.0 Å². The summed E-state index contributed by atoms with van der Waals surface area (Å²) < 4.78 is 5.04. The molecule has 0 aliphatic carbocycles. The van der Waals surface area contributed by atoms with E-state index in [-0.39, 0.29) is 0 Å². The molecule has 0 radical (unpaired) electrons. The van der Waals surface area contributed by atoms with Crippen molar-refractivity contribution in [3.63, 3.8) is 0 Å². The van der Waals surface area contributed by atoms with E-state index in [1.54, 1.807) is 7.11 Å². The van der Waals surface area contributed by atoms with E-state index in [0.29, 0.717) is 6.61 Å². The Labute approximate surface area is 124 Å². The van der Waals surface area contributed by atoms with Crippen molar-refractivity contribution in [2.75, 3.05) is 53.0 Å². The van der Waals surface area contributed by atoms with Crippen molar-refractivity contribution in [1.82, 2.24) is 15.5 Å². The minimum Gasteiger partial charge on any atom is -0.383 e. The number of guanidine groups is 1. The van der Waals surface area contributed by atoms with Gasteiger partial charge in [-0.2, -0.15) is 0 Å². The van der Waals surface area contributed by atoms with E-state index in [0.717, 1.165) is 32.0 Å². The molecule has 1 heterocycles. The SMILES string of the molecule is CCNC(=NCCCN1CCCCCC1)NCCOC. The van der Waals surface area contributed by atoms with Gasteiger partial charge in [0.15, 0.2) is 5.96 Å². The molecule has 1 rings (SSSR count). The summed E-state index contributed by atoms with van der Waals surface area (Å²) in [5.74, 6) is 0.903. The molecule has 1 fully saturated rings. The summed E-state index contributed by atoms with van der Waals surface area (Å²) in [5, 5.41) is 6.53. The lowest BCUT2D eigenvalue weighted by Gasteiger charge is -2.19. The van der Waals surface area contributed by atoms with Gasteiger partial charge in [-0.25, -0.2) is 0 Å². The van der Waals surface area contributed by atoms with Gasteiger partial charge in [0.25, 0.3) is 0 Å². The Balaban J connectivity index is 2.17. The van der Waals surface area contributed by atoms with E-state index in [9.17, 15) is 0 Å². The Hall–Kier alpha value is -0.810. The quantitative estimate of drug-likeness (QED) is 0.402. The van der Waals surface area contributed by atoms with Crippen molar-refractivity contribution in [1.29, 1.82) is 0 Å². The maximum atomic E-state index is 5.04. The van der Waals surface area contributed by atoms with Crippen molar-refractivity contribution in [2.24, 2.45) is 4.99 Å². The molecule has 20 heavy (non-hydrogen) atoms. The molecule has 5 heteroatoms. The summed E-state index contributed by atoms with van der Waals surface area (Å²) in [7, 11) is 1.72. The average molecular weight is 284 g/mol. The molecular weight excluding hydrogens is 252 g/mol. The van der Waals surface area contributed by atoms with Crippen molar-refractivity contribution in [3.8, 4) is 0 Å². The lowest BCUT2D eigenvalue weighted by molar-refractivity contribution is 0.203. The molecule has 0 saturated carbocycles. The fraction of sp³-hybridized carbons (Fsp3) is 0.933. The minimum absolute atomic E-state index is 0.707. The standard InChI is InChI=1S/C15H32N4O/c1-3-16-15(18-10-14-20-2)17-9-8-13-19-11-6-4-5-7-12-19/h3-14H2,1-2H3,(H2,16,17,18). The zero-order chi connectivity index (χ0) is 14.5. The highest BCUT2D eigenvalue weighted by Gasteiger charge is 2.07. The van der Waals surface area contributed by atoms with Crippen LogP contribution in [0.2, 0.25) is 0 Å². The second kappa shape index (κ2) is 12.0. The Morgan fingerprint density at radius 2 is 1.90 bits per heavy atom. The number of nitrogens with one attached hydrogen (secondary N) is 2. The zero-order valence-corrected chi connectivity index (χ0v) is 13.3. The molecule has 0 aromatic rings. The summed E-state index contributed by atoms with van der Waals surface area (Å²) in [5.41, 5.74) is 0. The van der Waals surface area contributed by atoms with Crippen LogP contribution in [0.25, 0.3) is 0 Å². The molecule has 1 aliphatic heterocycles. The molecule has 0 unspecified atom stereocenters. The van der Waals surface area contributed by atoms with Gasteiger partial charge in [0.1, 0.15) is 0 Å². The van der Waals surface area contributed by atoms with Crippen molar-refractivity contribution >= 4 is 5.96 Å². The van der Waals surface area contributed by atoms with Gasteiger partial charge in [-0.15, -0.1) is 0 Å². The monoisotopic (exact) mass is 284 g/mol. The first-order valence-corrected chi connectivity index (χ1v) is 8.10. The third-order valence-electron chi connectivity index (χ3n) is 3.54. The molecule has 0 aromatic carbocycles. The van der Waals surface area contributed by atoms with Crippen LogP contribution >= 0.6 is 0 Å². The smallest absolute Gasteiger partial charge is 0.191 e. The molecule has 5 nitrogen and oxygen atoms in total. The predicted octanol–water partition coefficient (Wildman–Crippen LogP) is 1.45. The van der Waals surface area contributed by atoms with Gasteiger partial charge in [-0.3, -0.25) is 4.99 Å². The number of likely N-dealkylation sites (tertiary alicyclic amines) is 1. The van der Waals surface area contributed by atoms with Gasteiger partial charge in [0.2, 0.25) is 0 Å². The molecule has 1 saturated heterocycles. The van der Waals surface area contributed by atoms with Crippen molar-refractivity contribution < 1.29 is 4.74 Å². The molecule has 0 bridgehead atoms. The number of aliphatic imine (C=N–C) groups is 1. The Bertz CT molecular complexity index is 250. The first-order valence-electron chi connectivity index (χ1n) is 8.10. The lowest BCUT2D eigenvalue weighted by Crippen LogP contribution is -2.39. The van der Waals surface area contributed by atoms with Crippen LogP contribution in [0, 0.1) is 0 Å². The van der Waals surface area contributed by atoms with Crippen LogP contribution in [0.15, 0.2) is 4.99 Å². The van der Waals surface area contributed by atoms with Gasteiger partial charge in [0, 0.05) is 26.7 Å². The summed E-state index contributed by atoms with van der Waals surface area (Å²) in [6.45, 7) is 9.11. The normalized spacial score (nSPS) is 17.8. The summed E-state index contributed by atoms with van der Waals surface area (Å²) in [4.78, 5) is 7.20. The molecule has 0 spiro atoms.